The van der Waals surface area contributed by atoms with Gasteiger partial charge in [-0.2, -0.15) is 18.3 Å². The summed E-state index contributed by atoms with van der Waals surface area (Å²) in [5.41, 5.74) is -0.987. The van der Waals surface area contributed by atoms with Gasteiger partial charge in [0.25, 0.3) is 0 Å². The van der Waals surface area contributed by atoms with Gasteiger partial charge in [-0.15, -0.1) is 0 Å². The van der Waals surface area contributed by atoms with Crippen LogP contribution in [0.4, 0.5) is 13.2 Å². The molecule has 1 aromatic rings. The smallest absolute Gasteiger partial charge is 0.436 e. The van der Waals surface area contributed by atoms with Crippen molar-refractivity contribution in [1.82, 2.24) is 15.1 Å². The first kappa shape index (κ1) is 16.6. The van der Waals surface area contributed by atoms with Gasteiger partial charge < -0.3 is 10.1 Å². The van der Waals surface area contributed by atoms with Crippen LogP contribution in [0.15, 0.2) is 0 Å². The molecule has 0 saturated heterocycles. The maximum Gasteiger partial charge on any atom is 0.436 e. The van der Waals surface area contributed by atoms with E-state index < -0.39 is 35.3 Å². The Balaban J connectivity index is 2.16. The maximum atomic E-state index is 12.8. The van der Waals surface area contributed by atoms with Gasteiger partial charge in [0, 0.05) is 5.92 Å². The number of alkyl halides is 3. The van der Waals surface area contributed by atoms with Crippen LogP contribution in [0.5, 0.6) is 0 Å². The monoisotopic (exact) mass is 339 g/mol. The van der Waals surface area contributed by atoms with Crippen molar-refractivity contribution in [3.05, 3.63) is 16.4 Å². The zero-order chi connectivity index (χ0) is 16.5. The molecule has 1 saturated carbocycles. The number of rotatable bonds is 5. The van der Waals surface area contributed by atoms with E-state index in [1.54, 1.807) is 0 Å². The minimum atomic E-state index is -4.69. The second-order valence-electron chi connectivity index (χ2n) is 4.83. The van der Waals surface area contributed by atoms with E-state index >= 15 is 0 Å². The van der Waals surface area contributed by atoms with Gasteiger partial charge in [-0.05, 0) is 12.8 Å². The number of hydrogen-bond donors (Lipinski definition) is 1. The fourth-order valence-electron chi connectivity index (χ4n) is 1.94. The highest BCUT2D eigenvalue weighted by atomic mass is 35.5. The molecular formula is C12H13ClF3N3O3. The van der Waals surface area contributed by atoms with Gasteiger partial charge in [-0.1, -0.05) is 11.6 Å². The number of nitrogens with one attached hydrogen (secondary N) is 1. The molecule has 1 aliphatic carbocycles. The molecule has 1 N–H and O–H groups in total. The quantitative estimate of drug-likeness (QED) is 0.829. The second kappa shape index (κ2) is 6.15. The Kier molecular flexibility index (Phi) is 4.64. The van der Waals surface area contributed by atoms with E-state index in [1.165, 1.54) is 0 Å². The third-order valence-corrected chi connectivity index (χ3v) is 3.49. The van der Waals surface area contributed by atoms with Crippen LogP contribution in [0.1, 0.15) is 30.1 Å². The predicted molar refractivity (Wildman–Crippen MR) is 69.2 cm³/mol. The Morgan fingerprint density at radius 3 is 2.59 bits per heavy atom. The van der Waals surface area contributed by atoms with E-state index in [0.717, 1.165) is 11.8 Å². The molecule has 0 aliphatic heterocycles. The van der Waals surface area contributed by atoms with Gasteiger partial charge in [-0.25, -0.2) is 0 Å². The van der Waals surface area contributed by atoms with Crippen LogP contribution in [-0.4, -0.2) is 35.3 Å². The van der Waals surface area contributed by atoms with Crippen molar-refractivity contribution in [1.29, 1.82) is 0 Å². The highest BCUT2D eigenvalue weighted by molar-refractivity contribution is 6.32. The molecular weight excluding hydrogens is 327 g/mol. The van der Waals surface area contributed by atoms with Gasteiger partial charge in [0.1, 0.15) is 13.1 Å². The van der Waals surface area contributed by atoms with Crippen LogP contribution in [0.3, 0.4) is 0 Å². The standard InChI is InChI=1S/C12H13ClF3N3O3/c1-22-8(21)4-17-7(20)5-19-10(6-2-3-6)9(13)11(18-19)12(14,15)16/h6H,2-5H2,1H3,(H,17,20). The minimum absolute atomic E-state index is 0.121. The lowest BCUT2D eigenvalue weighted by molar-refractivity contribution is -0.141. The van der Waals surface area contributed by atoms with E-state index in [0.29, 0.717) is 12.8 Å². The number of ether oxygens (including phenoxy) is 1. The van der Waals surface area contributed by atoms with Crippen molar-refractivity contribution >= 4 is 23.5 Å². The number of methoxy groups -OCH3 is 1. The Morgan fingerprint density at radius 1 is 1.45 bits per heavy atom. The SMILES string of the molecule is COC(=O)CNC(=O)Cn1nc(C(F)(F)F)c(Cl)c1C1CC1. The lowest BCUT2D eigenvalue weighted by Crippen LogP contribution is -2.33. The number of halogens is 4. The van der Waals surface area contributed by atoms with Crippen LogP contribution in [0.2, 0.25) is 5.02 Å². The van der Waals surface area contributed by atoms with Gasteiger partial charge >= 0.3 is 12.1 Å². The summed E-state index contributed by atoms with van der Waals surface area (Å²) in [5.74, 6) is -1.44. The maximum absolute atomic E-state index is 12.8. The van der Waals surface area contributed by atoms with Gasteiger partial charge in [0.05, 0.1) is 17.8 Å². The fourth-order valence-corrected chi connectivity index (χ4v) is 2.33. The average molecular weight is 340 g/mol. The highest BCUT2D eigenvalue weighted by Gasteiger charge is 2.42. The van der Waals surface area contributed by atoms with Crippen molar-refractivity contribution in [3.63, 3.8) is 0 Å². The van der Waals surface area contributed by atoms with Crippen molar-refractivity contribution in [2.75, 3.05) is 13.7 Å². The van der Waals surface area contributed by atoms with Crippen LogP contribution >= 0.6 is 11.6 Å². The lowest BCUT2D eigenvalue weighted by atomic mass is 10.2. The number of esters is 1. The van der Waals surface area contributed by atoms with Gasteiger partial charge in [0.15, 0.2) is 5.69 Å². The van der Waals surface area contributed by atoms with Gasteiger partial charge in [0.2, 0.25) is 5.91 Å². The molecule has 2 rings (SSSR count). The van der Waals surface area contributed by atoms with Crippen LogP contribution in [0.25, 0.3) is 0 Å². The molecule has 6 nitrogen and oxygen atoms in total. The number of nitrogens with zero attached hydrogens (tertiary/aromatic N) is 2. The second-order valence-corrected chi connectivity index (χ2v) is 5.21. The Morgan fingerprint density at radius 2 is 2.09 bits per heavy atom. The highest BCUT2D eigenvalue weighted by Crippen LogP contribution is 2.46. The summed E-state index contributed by atoms with van der Waals surface area (Å²) in [6.07, 6.45) is -3.28. The van der Waals surface area contributed by atoms with Crippen molar-refractivity contribution < 1.29 is 27.5 Å². The Labute approximate surface area is 128 Å². The summed E-state index contributed by atoms with van der Waals surface area (Å²) < 4.78 is 43.8. The van der Waals surface area contributed by atoms with E-state index in [-0.39, 0.29) is 18.2 Å². The van der Waals surface area contributed by atoms with E-state index in [9.17, 15) is 22.8 Å². The zero-order valence-corrected chi connectivity index (χ0v) is 12.3. The molecule has 122 valence electrons. The molecule has 1 aromatic heterocycles. The number of aromatic nitrogens is 2. The summed E-state index contributed by atoms with van der Waals surface area (Å²) >= 11 is 5.77. The van der Waals surface area contributed by atoms with Crippen molar-refractivity contribution in [2.24, 2.45) is 0 Å². The molecule has 1 amide bonds. The molecule has 0 bridgehead atoms. The van der Waals surface area contributed by atoms with Crippen molar-refractivity contribution in [2.45, 2.75) is 31.5 Å². The summed E-state index contributed by atoms with van der Waals surface area (Å²) in [4.78, 5) is 22.6. The number of hydrogen-bond acceptors (Lipinski definition) is 4. The third-order valence-electron chi connectivity index (χ3n) is 3.12. The molecule has 0 radical (unpaired) electrons. The first-order valence-corrected chi connectivity index (χ1v) is 6.78. The largest absolute Gasteiger partial charge is 0.468 e. The zero-order valence-electron chi connectivity index (χ0n) is 11.5. The fraction of sp³-hybridized carbons (Fsp3) is 0.583. The normalized spacial score (nSPS) is 14.8. The van der Waals surface area contributed by atoms with Crippen LogP contribution in [0, 0.1) is 0 Å². The van der Waals surface area contributed by atoms with E-state index in [2.05, 4.69) is 15.2 Å². The summed E-state index contributed by atoms with van der Waals surface area (Å²) in [6, 6.07) is 0. The molecule has 10 heteroatoms. The number of carbonyl (C=O) groups is 2. The summed E-state index contributed by atoms with van der Waals surface area (Å²) in [6.45, 7) is -0.812. The number of carbonyl (C=O) groups excluding carboxylic acids is 2. The molecule has 1 heterocycles. The molecule has 0 aromatic carbocycles. The van der Waals surface area contributed by atoms with E-state index in [1.807, 2.05) is 0 Å². The molecule has 0 unspecified atom stereocenters. The Bertz CT molecular complexity index is 596. The van der Waals surface area contributed by atoms with Gasteiger partial charge in [-0.3, -0.25) is 14.3 Å². The summed E-state index contributed by atoms with van der Waals surface area (Å²) in [7, 11) is 1.16. The molecule has 0 spiro atoms. The number of amides is 1. The predicted octanol–water partition coefficient (Wildman–Crippen LogP) is 1.72. The van der Waals surface area contributed by atoms with Crippen molar-refractivity contribution in [3.8, 4) is 0 Å². The molecule has 1 fully saturated rings. The van der Waals surface area contributed by atoms with Crippen LogP contribution < -0.4 is 5.32 Å². The molecule has 22 heavy (non-hydrogen) atoms. The van der Waals surface area contributed by atoms with Crippen LogP contribution in [-0.2, 0) is 27.0 Å². The molecule has 0 atom stereocenters. The first-order valence-electron chi connectivity index (χ1n) is 6.41. The first-order chi connectivity index (χ1) is 10.2. The summed E-state index contributed by atoms with van der Waals surface area (Å²) in [5, 5.41) is 5.19. The minimum Gasteiger partial charge on any atom is -0.468 e. The van der Waals surface area contributed by atoms with E-state index in [4.69, 9.17) is 11.6 Å². The average Bonchev–Trinajstić information content (AvgIpc) is 3.20. The molecule has 1 aliphatic rings. The third kappa shape index (κ3) is 3.70. The Hall–Kier alpha value is -1.77. The lowest BCUT2D eigenvalue weighted by Gasteiger charge is -2.07. The topological polar surface area (TPSA) is 73.2 Å².